The van der Waals surface area contributed by atoms with Crippen molar-refractivity contribution in [2.75, 3.05) is 0 Å². The van der Waals surface area contributed by atoms with Gasteiger partial charge in [-0.1, -0.05) is 27.5 Å². The highest BCUT2D eigenvalue weighted by Gasteiger charge is 2.16. The van der Waals surface area contributed by atoms with Gasteiger partial charge in [0, 0.05) is 4.47 Å². The van der Waals surface area contributed by atoms with Crippen LogP contribution < -0.4 is 4.74 Å². The molecule has 88 valence electrons. The number of alkyl halides is 2. The van der Waals surface area contributed by atoms with E-state index in [-0.39, 0.29) is 22.8 Å². The van der Waals surface area contributed by atoms with E-state index in [9.17, 15) is 13.6 Å². The Bertz CT molecular complexity index is 412. The fourth-order valence-electron chi connectivity index (χ4n) is 1.08. The highest BCUT2D eigenvalue weighted by molar-refractivity contribution is 9.10. The molecule has 0 amide bonds. The highest BCUT2D eigenvalue weighted by atomic mass is 79.9. The van der Waals surface area contributed by atoms with Crippen LogP contribution in [-0.2, 0) is 11.2 Å². The van der Waals surface area contributed by atoms with Crippen molar-refractivity contribution in [2.45, 2.75) is 13.0 Å². The fourth-order valence-corrected chi connectivity index (χ4v) is 1.94. The molecule has 0 aliphatic rings. The number of benzene rings is 1. The third kappa shape index (κ3) is 3.31. The molecule has 0 aromatic heterocycles. The number of carboxylic acid groups (broad SMARTS) is 1. The lowest BCUT2D eigenvalue weighted by atomic mass is 10.1. The lowest BCUT2D eigenvalue weighted by molar-refractivity contribution is -0.136. The second kappa shape index (κ2) is 5.45. The summed E-state index contributed by atoms with van der Waals surface area (Å²) in [6.07, 6.45) is -0.375. The molecular formula is C9H6BrClF2O3. The maximum absolute atomic E-state index is 12.0. The van der Waals surface area contributed by atoms with E-state index in [4.69, 9.17) is 16.7 Å². The first-order valence-corrected chi connectivity index (χ1v) is 5.22. The summed E-state index contributed by atoms with van der Waals surface area (Å²) >= 11 is 8.84. The van der Waals surface area contributed by atoms with Gasteiger partial charge in [-0.25, -0.2) is 0 Å². The first kappa shape index (κ1) is 13.2. The molecule has 3 nitrogen and oxygen atoms in total. The largest absolute Gasteiger partial charge is 0.481 e. The Morgan fingerprint density at radius 3 is 2.69 bits per heavy atom. The van der Waals surface area contributed by atoms with E-state index in [1.54, 1.807) is 0 Å². The van der Waals surface area contributed by atoms with Crippen LogP contribution in [0.15, 0.2) is 16.6 Å². The Morgan fingerprint density at radius 2 is 2.19 bits per heavy atom. The third-order valence-electron chi connectivity index (χ3n) is 1.69. The van der Waals surface area contributed by atoms with Crippen LogP contribution in [-0.4, -0.2) is 17.7 Å². The molecule has 16 heavy (non-hydrogen) atoms. The van der Waals surface area contributed by atoms with Gasteiger partial charge in [0.15, 0.2) is 0 Å². The molecule has 0 atom stereocenters. The molecule has 0 radical (unpaired) electrons. The zero-order chi connectivity index (χ0) is 12.3. The molecule has 0 aliphatic heterocycles. The topological polar surface area (TPSA) is 46.5 Å². The predicted molar refractivity (Wildman–Crippen MR) is 57.1 cm³/mol. The molecule has 0 unspecified atom stereocenters. The van der Waals surface area contributed by atoms with E-state index >= 15 is 0 Å². The lowest BCUT2D eigenvalue weighted by Gasteiger charge is -2.10. The van der Waals surface area contributed by atoms with Crippen LogP contribution >= 0.6 is 27.5 Å². The monoisotopic (exact) mass is 314 g/mol. The van der Waals surface area contributed by atoms with E-state index in [1.165, 1.54) is 12.1 Å². The average Bonchev–Trinajstić information content (AvgIpc) is 2.16. The summed E-state index contributed by atoms with van der Waals surface area (Å²) in [6.45, 7) is -3.00. The van der Waals surface area contributed by atoms with Crippen molar-refractivity contribution in [3.63, 3.8) is 0 Å². The summed E-state index contributed by atoms with van der Waals surface area (Å²) in [5.41, 5.74) is 0.201. The Balaban J connectivity index is 3.10. The van der Waals surface area contributed by atoms with Gasteiger partial charge in [-0.05, 0) is 17.7 Å². The van der Waals surface area contributed by atoms with E-state index < -0.39 is 12.6 Å². The van der Waals surface area contributed by atoms with Crippen molar-refractivity contribution in [1.82, 2.24) is 0 Å². The number of halogens is 4. The van der Waals surface area contributed by atoms with Gasteiger partial charge >= 0.3 is 12.6 Å². The fraction of sp³-hybridized carbons (Fsp3) is 0.222. The van der Waals surface area contributed by atoms with Crippen LogP contribution in [0, 0.1) is 0 Å². The minimum absolute atomic E-state index is 0.128. The molecule has 1 rings (SSSR count). The van der Waals surface area contributed by atoms with Crippen LogP contribution in [0.1, 0.15) is 5.56 Å². The number of rotatable bonds is 4. The number of hydrogen-bond acceptors (Lipinski definition) is 2. The summed E-state index contributed by atoms with van der Waals surface area (Å²) in [5, 5.41) is 8.49. The summed E-state index contributed by atoms with van der Waals surface area (Å²) < 4.78 is 28.5. The minimum Gasteiger partial charge on any atom is -0.481 e. The second-order valence-corrected chi connectivity index (χ2v) is 4.02. The summed E-state index contributed by atoms with van der Waals surface area (Å²) in [4.78, 5) is 10.5. The van der Waals surface area contributed by atoms with Crippen molar-refractivity contribution in [2.24, 2.45) is 0 Å². The van der Waals surface area contributed by atoms with E-state index in [0.717, 1.165) is 0 Å². The van der Waals surface area contributed by atoms with Crippen LogP contribution in [0.4, 0.5) is 8.78 Å². The van der Waals surface area contributed by atoms with E-state index in [2.05, 4.69) is 20.7 Å². The molecule has 1 N–H and O–H groups in total. The maximum Gasteiger partial charge on any atom is 0.387 e. The van der Waals surface area contributed by atoms with Gasteiger partial charge in [0.05, 0.1) is 11.4 Å². The molecule has 0 saturated carbocycles. The van der Waals surface area contributed by atoms with Gasteiger partial charge in [0.25, 0.3) is 0 Å². The highest BCUT2D eigenvalue weighted by Crippen LogP contribution is 2.34. The number of ether oxygens (including phenoxy) is 1. The van der Waals surface area contributed by atoms with Crippen LogP contribution in [0.3, 0.4) is 0 Å². The van der Waals surface area contributed by atoms with Crippen molar-refractivity contribution in [3.8, 4) is 5.75 Å². The molecule has 0 heterocycles. The van der Waals surface area contributed by atoms with Crippen LogP contribution in [0.2, 0.25) is 5.02 Å². The zero-order valence-corrected chi connectivity index (χ0v) is 10.1. The van der Waals surface area contributed by atoms with Crippen LogP contribution in [0.25, 0.3) is 0 Å². The quantitative estimate of drug-likeness (QED) is 0.927. The van der Waals surface area contributed by atoms with Crippen molar-refractivity contribution < 1.29 is 23.4 Å². The lowest BCUT2D eigenvalue weighted by Crippen LogP contribution is -2.06. The van der Waals surface area contributed by atoms with Gasteiger partial charge in [-0.2, -0.15) is 8.78 Å². The Labute approximate surface area is 103 Å². The molecule has 0 aliphatic carbocycles. The van der Waals surface area contributed by atoms with Gasteiger partial charge < -0.3 is 9.84 Å². The molecule has 7 heteroatoms. The van der Waals surface area contributed by atoms with Gasteiger partial charge in [0.1, 0.15) is 5.75 Å². The van der Waals surface area contributed by atoms with E-state index in [1.807, 2.05) is 0 Å². The number of aliphatic carboxylic acids is 1. The van der Waals surface area contributed by atoms with Crippen molar-refractivity contribution in [3.05, 3.63) is 27.2 Å². The SMILES string of the molecule is O=C(O)Cc1c(Br)ccc(OC(F)F)c1Cl. The predicted octanol–water partition coefficient (Wildman–Crippen LogP) is 3.33. The normalized spacial score (nSPS) is 10.6. The first-order chi connectivity index (χ1) is 7.41. The van der Waals surface area contributed by atoms with Gasteiger partial charge in [0.2, 0.25) is 0 Å². The molecule has 0 fully saturated rings. The maximum atomic E-state index is 12.0. The number of carboxylic acids is 1. The number of hydrogen-bond donors (Lipinski definition) is 1. The minimum atomic E-state index is -3.00. The van der Waals surface area contributed by atoms with Crippen LogP contribution in [0.5, 0.6) is 5.75 Å². The second-order valence-electron chi connectivity index (χ2n) is 2.79. The third-order valence-corrected chi connectivity index (χ3v) is 2.85. The van der Waals surface area contributed by atoms with Crippen molar-refractivity contribution in [1.29, 1.82) is 0 Å². The summed E-state index contributed by atoms with van der Waals surface area (Å²) in [7, 11) is 0. The van der Waals surface area contributed by atoms with Gasteiger partial charge in [-0.3, -0.25) is 4.79 Å². The van der Waals surface area contributed by atoms with E-state index in [0.29, 0.717) is 4.47 Å². The molecular weight excluding hydrogens is 309 g/mol. The summed E-state index contributed by atoms with van der Waals surface area (Å²) in [6, 6.07) is 2.64. The summed E-state index contributed by atoms with van der Waals surface area (Å²) in [5.74, 6) is -1.35. The average molecular weight is 315 g/mol. The first-order valence-electron chi connectivity index (χ1n) is 4.05. The Morgan fingerprint density at radius 1 is 1.56 bits per heavy atom. The molecule has 1 aromatic rings. The molecule has 0 bridgehead atoms. The number of carbonyl (C=O) groups is 1. The molecule has 1 aromatic carbocycles. The standard InChI is InChI=1S/C9H6BrClF2O3/c10-5-1-2-6(16-9(12)13)8(11)4(5)3-7(14)15/h1-2,9H,3H2,(H,14,15). The Hall–Kier alpha value is -0.880. The smallest absolute Gasteiger partial charge is 0.387 e. The molecule has 0 saturated heterocycles. The van der Waals surface area contributed by atoms with Crippen molar-refractivity contribution >= 4 is 33.5 Å². The zero-order valence-electron chi connectivity index (χ0n) is 7.71. The Kier molecular flexibility index (Phi) is 4.49. The molecule has 0 spiro atoms. The van der Waals surface area contributed by atoms with Gasteiger partial charge in [-0.15, -0.1) is 0 Å².